The molecular formula is C12H24N4O2S. The standard InChI is InChI=1S/C12H24N4O2S/c1-6-13-10(12(3,4)19(5,17)18)8-11-14-9-15-16(11)7-2/h9-10,13H,6-8H2,1-5H3. The molecule has 1 rings (SSSR count). The lowest BCUT2D eigenvalue weighted by molar-refractivity contribution is 0.400. The lowest BCUT2D eigenvalue weighted by atomic mass is 9.99. The van der Waals surface area contributed by atoms with Crippen LogP contribution in [0.25, 0.3) is 0 Å². The van der Waals surface area contributed by atoms with Crippen molar-refractivity contribution in [1.82, 2.24) is 20.1 Å². The number of likely N-dealkylation sites (N-methyl/N-ethyl adjacent to an activating group) is 1. The van der Waals surface area contributed by atoms with Gasteiger partial charge in [0.25, 0.3) is 0 Å². The smallest absolute Gasteiger partial charge is 0.154 e. The van der Waals surface area contributed by atoms with E-state index < -0.39 is 14.6 Å². The number of nitrogens with one attached hydrogen (secondary N) is 1. The molecule has 0 aliphatic carbocycles. The molecule has 0 aliphatic rings. The lowest BCUT2D eigenvalue weighted by Crippen LogP contribution is -2.53. The van der Waals surface area contributed by atoms with Gasteiger partial charge in [-0.15, -0.1) is 0 Å². The van der Waals surface area contributed by atoms with Gasteiger partial charge in [-0.2, -0.15) is 5.10 Å². The maximum absolute atomic E-state index is 12.0. The van der Waals surface area contributed by atoms with Crippen LogP contribution < -0.4 is 5.32 Å². The zero-order valence-electron chi connectivity index (χ0n) is 12.3. The summed E-state index contributed by atoms with van der Waals surface area (Å²) in [6.07, 6.45) is 3.33. The molecule has 1 heterocycles. The van der Waals surface area contributed by atoms with Crippen LogP contribution in [0.15, 0.2) is 6.33 Å². The minimum Gasteiger partial charge on any atom is -0.312 e. The quantitative estimate of drug-likeness (QED) is 0.797. The summed E-state index contributed by atoms with van der Waals surface area (Å²) in [5, 5.41) is 7.38. The van der Waals surface area contributed by atoms with E-state index in [1.807, 2.05) is 13.8 Å². The fourth-order valence-corrected chi connectivity index (χ4v) is 2.64. The van der Waals surface area contributed by atoms with Crippen molar-refractivity contribution >= 4 is 9.84 Å². The summed E-state index contributed by atoms with van der Waals surface area (Å²) >= 11 is 0. The molecule has 1 aromatic rings. The maximum Gasteiger partial charge on any atom is 0.154 e. The van der Waals surface area contributed by atoms with Crippen molar-refractivity contribution in [3.63, 3.8) is 0 Å². The molecule has 7 heteroatoms. The van der Waals surface area contributed by atoms with E-state index in [-0.39, 0.29) is 6.04 Å². The zero-order chi connectivity index (χ0) is 14.7. The summed E-state index contributed by atoms with van der Waals surface area (Å²) in [7, 11) is -3.17. The Labute approximate surface area is 115 Å². The van der Waals surface area contributed by atoms with E-state index in [2.05, 4.69) is 15.4 Å². The first-order valence-electron chi connectivity index (χ1n) is 6.53. The van der Waals surface area contributed by atoms with Crippen molar-refractivity contribution in [1.29, 1.82) is 0 Å². The number of hydrogen-bond donors (Lipinski definition) is 1. The van der Waals surface area contributed by atoms with Crippen molar-refractivity contribution < 1.29 is 8.42 Å². The number of rotatable bonds is 7. The van der Waals surface area contributed by atoms with E-state index in [4.69, 9.17) is 0 Å². The molecule has 0 amide bonds. The van der Waals surface area contributed by atoms with Crippen LogP contribution in [0.2, 0.25) is 0 Å². The molecule has 0 aromatic carbocycles. The van der Waals surface area contributed by atoms with Crippen LogP contribution in [-0.2, 0) is 22.8 Å². The van der Waals surface area contributed by atoms with Gasteiger partial charge in [-0.25, -0.2) is 13.4 Å². The second-order valence-electron chi connectivity index (χ2n) is 5.18. The van der Waals surface area contributed by atoms with Crippen LogP contribution in [0.4, 0.5) is 0 Å². The van der Waals surface area contributed by atoms with Gasteiger partial charge in [0.1, 0.15) is 12.2 Å². The van der Waals surface area contributed by atoms with Gasteiger partial charge >= 0.3 is 0 Å². The molecule has 1 aromatic heterocycles. The monoisotopic (exact) mass is 288 g/mol. The molecule has 0 aliphatic heterocycles. The number of sulfone groups is 1. The summed E-state index contributed by atoms with van der Waals surface area (Å²) in [5.41, 5.74) is 0. The van der Waals surface area contributed by atoms with Crippen LogP contribution >= 0.6 is 0 Å². The third kappa shape index (κ3) is 3.54. The second kappa shape index (κ2) is 6.00. The minimum absolute atomic E-state index is 0.193. The Bertz CT molecular complexity index is 508. The van der Waals surface area contributed by atoms with Crippen molar-refractivity contribution in [3.8, 4) is 0 Å². The topological polar surface area (TPSA) is 76.9 Å². The van der Waals surface area contributed by atoms with Crippen LogP contribution in [0.5, 0.6) is 0 Å². The molecule has 0 fully saturated rings. The van der Waals surface area contributed by atoms with Crippen LogP contribution in [-0.4, -0.2) is 46.8 Å². The van der Waals surface area contributed by atoms with Gasteiger partial charge < -0.3 is 5.32 Å². The van der Waals surface area contributed by atoms with Gasteiger partial charge in [0.05, 0.1) is 4.75 Å². The van der Waals surface area contributed by atoms with Gasteiger partial charge in [-0.1, -0.05) is 6.92 Å². The Morgan fingerprint density at radius 1 is 1.42 bits per heavy atom. The molecule has 0 saturated carbocycles. The van der Waals surface area contributed by atoms with E-state index >= 15 is 0 Å². The Hall–Kier alpha value is -0.950. The average Bonchev–Trinajstić information content (AvgIpc) is 2.74. The molecule has 0 saturated heterocycles. The van der Waals surface area contributed by atoms with E-state index in [0.717, 1.165) is 12.4 Å². The van der Waals surface area contributed by atoms with Crippen molar-refractivity contribution in [3.05, 3.63) is 12.2 Å². The number of hydrogen-bond acceptors (Lipinski definition) is 5. The van der Waals surface area contributed by atoms with Gasteiger partial charge in [-0.3, -0.25) is 4.68 Å². The molecule has 0 spiro atoms. The van der Waals surface area contributed by atoms with E-state index in [0.29, 0.717) is 13.0 Å². The second-order valence-corrected chi connectivity index (χ2v) is 7.78. The number of aromatic nitrogens is 3. The van der Waals surface area contributed by atoms with Crippen LogP contribution in [0.1, 0.15) is 33.5 Å². The largest absolute Gasteiger partial charge is 0.312 e. The van der Waals surface area contributed by atoms with E-state index in [9.17, 15) is 8.42 Å². The Morgan fingerprint density at radius 3 is 2.53 bits per heavy atom. The number of nitrogens with zero attached hydrogens (tertiary/aromatic N) is 3. The fourth-order valence-electron chi connectivity index (χ4n) is 1.96. The van der Waals surface area contributed by atoms with Gasteiger partial charge in [0, 0.05) is 25.3 Å². The molecule has 19 heavy (non-hydrogen) atoms. The third-order valence-corrected chi connectivity index (χ3v) is 5.82. The van der Waals surface area contributed by atoms with Crippen molar-refractivity contribution in [2.45, 2.75) is 51.4 Å². The SMILES string of the molecule is CCNC(Cc1ncnn1CC)C(C)(C)S(C)(=O)=O. The maximum atomic E-state index is 12.0. The highest BCUT2D eigenvalue weighted by Gasteiger charge is 2.39. The average molecular weight is 288 g/mol. The highest BCUT2D eigenvalue weighted by molar-refractivity contribution is 7.92. The number of aryl methyl sites for hydroxylation is 1. The summed E-state index contributed by atoms with van der Waals surface area (Å²) < 4.78 is 24.9. The zero-order valence-corrected chi connectivity index (χ0v) is 13.2. The fraction of sp³-hybridized carbons (Fsp3) is 0.833. The Morgan fingerprint density at radius 2 is 2.05 bits per heavy atom. The van der Waals surface area contributed by atoms with Gasteiger partial charge in [-0.05, 0) is 27.3 Å². The highest BCUT2D eigenvalue weighted by atomic mass is 32.2. The van der Waals surface area contributed by atoms with Gasteiger partial charge in [0.2, 0.25) is 0 Å². The third-order valence-electron chi connectivity index (χ3n) is 3.63. The minimum atomic E-state index is -3.17. The first-order valence-corrected chi connectivity index (χ1v) is 8.42. The summed E-state index contributed by atoms with van der Waals surface area (Å²) in [5.74, 6) is 0.810. The van der Waals surface area contributed by atoms with Crippen molar-refractivity contribution in [2.24, 2.45) is 0 Å². The summed E-state index contributed by atoms with van der Waals surface area (Å²) in [6.45, 7) is 8.90. The summed E-state index contributed by atoms with van der Waals surface area (Å²) in [6, 6.07) is -0.193. The Balaban J connectivity index is 3.03. The highest BCUT2D eigenvalue weighted by Crippen LogP contribution is 2.22. The molecule has 6 nitrogen and oxygen atoms in total. The van der Waals surface area contributed by atoms with Gasteiger partial charge in [0.15, 0.2) is 9.84 Å². The lowest BCUT2D eigenvalue weighted by Gasteiger charge is -2.33. The predicted octanol–water partition coefficient (Wildman–Crippen LogP) is 0.642. The van der Waals surface area contributed by atoms with E-state index in [1.165, 1.54) is 12.6 Å². The molecule has 1 unspecified atom stereocenters. The summed E-state index contributed by atoms with van der Waals surface area (Å²) in [4.78, 5) is 4.22. The first kappa shape index (κ1) is 16.1. The van der Waals surface area contributed by atoms with Crippen LogP contribution in [0.3, 0.4) is 0 Å². The molecular weight excluding hydrogens is 264 g/mol. The molecule has 1 atom stereocenters. The molecule has 0 radical (unpaired) electrons. The van der Waals surface area contributed by atoms with Crippen molar-refractivity contribution in [2.75, 3.05) is 12.8 Å². The molecule has 1 N–H and O–H groups in total. The first-order chi connectivity index (χ1) is 8.74. The van der Waals surface area contributed by atoms with Crippen LogP contribution in [0, 0.1) is 0 Å². The van der Waals surface area contributed by atoms with E-state index in [1.54, 1.807) is 18.5 Å². The molecule has 0 bridgehead atoms. The Kier molecular flexibility index (Phi) is 5.09. The normalized spacial score (nSPS) is 14.6. The molecule has 110 valence electrons. The predicted molar refractivity (Wildman–Crippen MR) is 75.8 cm³/mol.